The molecule has 0 bridgehead atoms. The average molecular weight is 687 g/mol. The standard InChI is InChI=1S/C40H79O6P/c1-4-6-8-10-12-14-16-18-20-22-24-26-28-30-32-34-36-44-38-40(39-46-47(41,42)43-3)45-37-35-33-31-29-27-25-23-21-19-17-15-13-11-9-7-5-2/h18-21,40H,4-17,22-39H2,1-3H3,(H,41,42)/b20-18+,21-19+/t40-/m1/s1. The van der Waals surface area contributed by atoms with Gasteiger partial charge >= 0.3 is 7.82 Å². The number of unbranched alkanes of at least 4 members (excludes halogenated alkanes) is 24. The smallest absolute Gasteiger partial charge is 0.379 e. The zero-order valence-electron chi connectivity index (χ0n) is 31.4. The number of phosphoric ester groups is 1. The topological polar surface area (TPSA) is 74.2 Å². The van der Waals surface area contributed by atoms with Crippen LogP contribution in [0.2, 0.25) is 0 Å². The van der Waals surface area contributed by atoms with E-state index in [4.69, 9.17) is 14.0 Å². The first kappa shape index (κ1) is 46.5. The molecule has 0 radical (unpaired) electrons. The van der Waals surface area contributed by atoms with E-state index in [1.165, 1.54) is 168 Å². The predicted octanol–water partition coefficient (Wildman–Crippen LogP) is 13.2. The highest BCUT2D eigenvalue weighted by atomic mass is 31.2. The van der Waals surface area contributed by atoms with Gasteiger partial charge in [-0.1, -0.05) is 154 Å². The molecule has 0 aliphatic carbocycles. The van der Waals surface area contributed by atoms with Gasteiger partial charge in [-0.3, -0.25) is 9.05 Å². The molecule has 0 saturated heterocycles. The third-order valence-electron chi connectivity index (χ3n) is 8.77. The van der Waals surface area contributed by atoms with Crippen LogP contribution in [0.3, 0.4) is 0 Å². The lowest BCUT2D eigenvalue weighted by Crippen LogP contribution is -2.26. The molecule has 0 saturated carbocycles. The molecule has 0 rings (SSSR count). The Kier molecular flexibility index (Phi) is 37.9. The van der Waals surface area contributed by atoms with Crippen molar-refractivity contribution in [2.24, 2.45) is 0 Å². The molecule has 1 N–H and O–H groups in total. The Hall–Kier alpha value is -0.490. The lowest BCUT2D eigenvalue weighted by atomic mass is 10.1. The normalized spacial score (nSPS) is 14.0. The van der Waals surface area contributed by atoms with Gasteiger partial charge in [0.05, 0.1) is 13.2 Å². The molecular weight excluding hydrogens is 607 g/mol. The predicted molar refractivity (Wildman–Crippen MR) is 202 cm³/mol. The minimum absolute atomic E-state index is 0.0125. The molecule has 1 unspecified atom stereocenters. The van der Waals surface area contributed by atoms with E-state index in [0.717, 1.165) is 19.3 Å². The third kappa shape index (κ3) is 38.2. The average Bonchev–Trinajstić information content (AvgIpc) is 3.07. The summed E-state index contributed by atoms with van der Waals surface area (Å²) in [5.41, 5.74) is 0. The molecule has 7 heteroatoms. The molecule has 6 nitrogen and oxygen atoms in total. The summed E-state index contributed by atoms with van der Waals surface area (Å²) >= 11 is 0. The van der Waals surface area contributed by atoms with Crippen molar-refractivity contribution in [3.63, 3.8) is 0 Å². The Morgan fingerprint density at radius 1 is 0.511 bits per heavy atom. The summed E-state index contributed by atoms with van der Waals surface area (Å²) in [7, 11) is -2.85. The fourth-order valence-electron chi connectivity index (χ4n) is 5.64. The Labute approximate surface area is 292 Å². The van der Waals surface area contributed by atoms with E-state index in [0.29, 0.717) is 19.8 Å². The molecular formula is C40H79O6P. The maximum atomic E-state index is 11.8. The first-order valence-corrected chi connectivity index (χ1v) is 21.6. The van der Waals surface area contributed by atoms with E-state index in [1.807, 2.05) is 0 Å². The van der Waals surface area contributed by atoms with Crippen LogP contribution in [-0.2, 0) is 23.1 Å². The minimum atomic E-state index is -4.03. The van der Waals surface area contributed by atoms with E-state index in [9.17, 15) is 9.46 Å². The van der Waals surface area contributed by atoms with Crippen LogP contribution in [0.25, 0.3) is 0 Å². The highest BCUT2D eigenvalue weighted by Gasteiger charge is 2.22. The first-order chi connectivity index (χ1) is 23.1. The molecule has 0 amide bonds. The first-order valence-electron chi connectivity index (χ1n) is 20.1. The lowest BCUT2D eigenvalue weighted by molar-refractivity contribution is -0.0436. The number of hydrogen-bond donors (Lipinski definition) is 1. The number of ether oxygens (including phenoxy) is 2. The molecule has 0 aliphatic rings. The van der Waals surface area contributed by atoms with Gasteiger partial charge in [0.2, 0.25) is 0 Å². The molecule has 0 aromatic rings. The van der Waals surface area contributed by atoms with Crippen molar-refractivity contribution in [2.75, 3.05) is 33.5 Å². The Morgan fingerprint density at radius 2 is 0.872 bits per heavy atom. The summed E-state index contributed by atoms with van der Waals surface area (Å²) in [5.74, 6) is 0. The van der Waals surface area contributed by atoms with E-state index in [2.05, 4.69) is 42.7 Å². The van der Waals surface area contributed by atoms with Crippen LogP contribution in [0, 0.1) is 0 Å². The fourth-order valence-corrected chi connectivity index (χ4v) is 6.10. The van der Waals surface area contributed by atoms with Gasteiger partial charge in [-0.25, -0.2) is 4.57 Å². The SMILES string of the molecule is CCCCCCCC/C=C/CCCCCCCCOC[C@H](COP(=O)(O)OC)OCCCCCCCC/C=C/CCCCCCCC. The van der Waals surface area contributed by atoms with Gasteiger partial charge in [0.25, 0.3) is 0 Å². The van der Waals surface area contributed by atoms with Gasteiger partial charge in [-0.05, 0) is 64.2 Å². The third-order valence-corrected chi connectivity index (χ3v) is 9.71. The van der Waals surface area contributed by atoms with Crippen molar-refractivity contribution >= 4 is 7.82 Å². The Morgan fingerprint density at radius 3 is 1.28 bits per heavy atom. The maximum Gasteiger partial charge on any atom is 0.472 e. The monoisotopic (exact) mass is 687 g/mol. The quantitative estimate of drug-likeness (QED) is 0.0394. The highest BCUT2D eigenvalue weighted by molar-refractivity contribution is 7.47. The van der Waals surface area contributed by atoms with Crippen LogP contribution in [0.1, 0.15) is 194 Å². The highest BCUT2D eigenvalue weighted by Crippen LogP contribution is 2.42. The van der Waals surface area contributed by atoms with E-state index in [1.54, 1.807) is 0 Å². The molecule has 280 valence electrons. The van der Waals surface area contributed by atoms with Gasteiger partial charge < -0.3 is 14.4 Å². The second-order valence-electron chi connectivity index (χ2n) is 13.4. The zero-order chi connectivity index (χ0) is 34.4. The number of allylic oxidation sites excluding steroid dienone is 4. The largest absolute Gasteiger partial charge is 0.472 e. The molecule has 0 aromatic carbocycles. The van der Waals surface area contributed by atoms with Crippen LogP contribution in [-0.4, -0.2) is 44.5 Å². The number of hydrogen-bond acceptors (Lipinski definition) is 5. The molecule has 0 aromatic heterocycles. The number of rotatable bonds is 39. The Bertz CT molecular complexity index is 713. The lowest BCUT2D eigenvalue weighted by Gasteiger charge is -2.19. The van der Waals surface area contributed by atoms with E-state index >= 15 is 0 Å². The van der Waals surface area contributed by atoms with Gasteiger partial charge in [-0.15, -0.1) is 0 Å². The molecule has 0 aliphatic heterocycles. The van der Waals surface area contributed by atoms with E-state index in [-0.39, 0.29) is 12.7 Å². The number of phosphoric acid groups is 1. The van der Waals surface area contributed by atoms with Gasteiger partial charge in [0.15, 0.2) is 0 Å². The van der Waals surface area contributed by atoms with Crippen molar-refractivity contribution < 1.29 is 28.0 Å². The summed E-state index contributed by atoms with van der Waals surface area (Å²) in [6.07, 6.45) is 44.9. The minimum Gasteiger partial charge on any atom is -0.379 e. The van der Waals surface area contributed by atoms with Gasteiger partial charge in [0, 0.05) is 20.3 Å². The molecule has 2 atom stereocenters. The van der Waals surface area contributed by atoms with Crippen LogP contribution in [0.4, 0.5) is 0 Å². The zero-order valence-corrected chi connectivity index (χ0v) is 32.3. The second-order valence-corrected chi connectivity index (χ2v) is 15.0. The summed E-state index contributed by atoms with van der Waals surface area (Å²) < 4.78 is 33.3. The van der Waals surface area contributed by atoms with Crippen molar-refractivity contribution in [3.05, 3.63) is 24.3 Å². The fraction of sp³-hybridized carbons (Fsp3) is 0.900. The van der Waals surface area contributed by atoms with Crippen molar-refractivity contribution in [3.8, 4) is 0 Å². The van der Waals surface area contributed by atoms with Crippen molar-refractivity contribution in [1.82, 2.24) is 0 Å². The van der Waals surface area contributed by atoms with Crippen LogP contribution < -0.4 is 0 Å². The summed E-state index contributed by atoms with van der Waals surface area (Å²) in [6.45, 7) is 6.18. The van der Waals surface area contributed by atoms with Crippen LogP contribution in [0.5, 0.6) is 0 Å². The summed E-state index contributed by atoms with van der Waals surface area (Å²) in [4.78, 5) is 9.63. The van der Waals surface area contributed by atoms with Crippen molar-refractivity contribution in [2.45, 2.75) is 200 Å². The van der Waals surface area contributed by atoms with Gasteiger partial charge in [-0.2, -0.15) is 0 Å². The second kappa shape index (κ2) is 38.3. The molecule has 0 spiro atoms. The summed E-state index contributed by atoms with van der Waals surface area (Å²) in [5, 5.41) is 0. The van der Waals surface area contributed by atoms with Gasteiger partial charge in [0.1, 0.15) is 6.10 Å². The maximum absolute atomic E-state index is 11.8. The molecule has 0 heterocycles. The van der Waals surface area contributed by atoms with E-state index < -0.39 is 7.82 Å². The Balaban J connectivity index is 3.78. The summed E-state index contributed by atoms with van der Waals surface area (Å²) in [6, 6.07) is 0. The molecule has 0 fully saturated rings. The van der Waals surface area contributed by atoms with Crippen molar-refractivity contribution in [1.29, 1.82) is 0 Å². The molecule has 47 heavy (non-hydrogen) atoms. The van der Waals surface area contributed by atoms with Crippen LogP contribution in [0.15, 0.2) is 24.3 Å². The van der Waals surface area contributed by atoms with Crippen LogP contribution >= 0.6 is 7.82 Å².